The molecule has 1 amide bonds. The van der Waals surface area contributed by atoms with Gasteiger partial charge in [0.2, 0.25) is 0 Å². The van der Waals surface area contributed by atoms with Crippen molar-refractivity contribution in [3.63, 3.8) is 0 Å². The van der Waals surface area contributed by atoms with Crippen molar-refractivity contribution in [1.82, 2.24) is 9.97 Å². The summed E-state index contributed by atoms with van der Waals surface area (Å²) in [6, 6.07) is 4.97. The second-order valence-electron chi connectivity index (χ2n) is 3.84. The van der Waals surface area contributed by atoms with Gasteiger partial charge in [-0.15, -0.1) is 0 Å². The lowest BCUT2D eigenvalue weighted by atomic mass is 10.3. The van der Waals surface area contributed by atoms with Crippen molar-refractivity contribution in [2.75, 3.05) is 24.8 Å². The Kier molecular flexibility index (Phi) is 4.37. The average molecular weight is 293 g/mol. The molecule has 2 rings (SSSR count). The fourth-order valence-electron chi connectivity index (χ4n) is 1.51. The van der Waals surface area contributed by atoms with Gasteiger partial charge in [-0.3, -0.25) is 4.79 Å². The van der Waals surface area contributed by atoms with Gasteiger partial charge in [-0.25, -0.2) is 9.97 Å². The maximum atomic E-state index is 12.0. The van der Waals surface area contributed by atoms with Crippen molar-refractivity contribution in [2.45, 2.75) is 0 Å². The van der Waals surface area contributed by atoms with E-state index < -0.39 is 0 Å². The minimum Gasteiger partial charge on any atom is -0.495 e. The van der Waals surface area contributed by atoms with Crippen LogP contribution in [0.25, 0.3) is 0 Å². The molecule has 104 valence electrons. The third-order valence-electron chi connectivity index (χ3n) is 2.55. The number of benzene rings is 1. The molecule has 0 aliphatic heterocycles. The number of aromatic nitrogens is 2. The lowest BCUT2D eigenvalue weighted by Crippen LogP contribution is -2.14. The first kappa shape index (κ1) is 14.1. The highest BCUT2D eigenvalue weighted by molar-refractivity contribution is 6.32. The van der Waals surface area contributed by atoms with Gasteiger partial charge in [0.1, 0.15) is 17.3 Å². The van der Waals surface area contributed by atoms with Gasteiger partial charge in [-0.1, -0.05) is 11.6 Å². The zero-order chi connectivity index (χ0) is 14.5. The molecule has 2 N–H and O–H groups in total. The Morgan fingerprint density at radius 2 is 2.10 bits per heavy atom. The van der Waals surface area contributed by atoms with Crippen LogP contribution >= 0.6 is 11.6 Å². The fraction of sp³-hybridized carbons (Fsp3) is 0.154. The molecule has 6 nitrogen and oxygen atoms in total. The number of nitrogens with zero attached hydrogens (tertiary/aromatic N) is 2. The zero-order valence-electron chi connectivity index (χ0n) is 11.0. The van der Waals surface area contributed by atoms with Crippen LogP contribution in [0.2, 0.25) is 5.02 Å². The smallest absolute Gasteiger partial charge is 0.275 e. The Morgan fingerprint density at radius 3 is 2.65 bits per heavy atom. The molecule has 20 heavy (non-hydrogen) atoms. The van der Waals surface area contributed by atoms with Crippen LogP contribution in [0.5, 0.6) is 5.75 Å². The molecule has 0 bridgehead atoms. The first-order valence-electron chi connectivity index (χ1n) is 5.78. The number of hydrogen-bond acceptors (Lipinski definition) is 5. The van der Waals surface area contributed by atoms with Gasteiger partial charge in [0.25, 0.3) is 5.91 Å². The number of carbonyl (C=O) groups excluding carboxylic acids is 1. The number of amides is 1. The van der Waals surface area contributed by atoms with Gasteiger partial charge in [0.15, 0.2) is 0 Å². The molecule has 7 heteroatoms. The van der Waals surface area contributed by atoms with Crippen LogP contribution < -0.4 is 15.4 Å². The molecule has 0 atom stereocenters. The summed E-state index contributed by atoms with van der Waals surface area (Å²) >= 11 is 5.99. The van der Waals surface area contributed by atoms with Crippen LogP contribution in [0.4, 0.5) is 11.5 Å². The number of methoxy groups -OCH3 is 1. The third kappa shape index (κ3) is 3.16. The van der Waals surface area contributed by atoms with Crippen LogP contribution in [0.15, 0.2) is 30.6 Å². The Labute approximate surface area is 121 Å². The lowest BCUT2D eigenvalue weighted by molar-refractivity contribution is 0.102. The molecule has 0 spiro atoms. The minimum atomic E-state index is -0.360. The Balaban J connectivity index is 2.12. The van der Waals surface area contributed by atoms with Crippen molar-refractivity contribution < 1.29 is 9.53 Å². The Morgan fingerprint density at radius 1 is 1.30 bits per heavy atom. The van der Waals surface area contributed by atoms with E-state index in [0.717, 1.165) is 0 Å². The molecule has 0 aliphatic carbocycles. The highest BCUT2D eigenvalue weighted by Gasteiger charge is 2.09. The number of hydrogen-bond donors (Lipinski definition) is 2. The third-order valence-corrected chi connectivity index (χ3v) is 2.85. The van der Waals surface area contributed by atoms with Crippen molar-refractivity contribution in [3.8, 4) is 5.75 Å². The predicted molar refractivity (Wildman–Crippen MR) is 77.5 cm³/mol. The largest absolute Gasteiger partial charge is 0.495 e. The maximum Gasteiger partial charge on any atom is 0.275 e. The molecule has 0 unspecified atom stereocenters. The summed E-state index contributed by atoms with van der Waals surface area (Å²) in [5.41, 5.74) is 0.774. The van der Waals surface area contributed by atoms with Crippen LogP contribution in [0.1, 0.15) is 10.5 Å². The van der Waals surface area contributed by atoms with Crippen LogP contribution in [0, 0.1) is 0 Å². The summed E-state index contributed by atoms with van der Waals surface area (Å²) < 4.78 is 5.04. The normalized spacial score (nSPS) is 9.95. The zero-order valence-corrected chi connectivity index (χ0v) is 11.7. The van der Waals surface area contributed by atoms with Gasteiger partial charge in [0, 0.05) is 12.7 Å². The highest BCUT2D eigenvalue weighted by Crippen LogP contribution is 2.27. The molecule has 0 saturated heterocycles. The van der Waals surface area contributed by atoms with Crippen LogP contribution in [-0.2, 0) is 0 Å². The van der Waals surface area contributed by atoms with Gasteiger partial charge in [-0.2, -0.15) is 0 Å². The highest BCUT2D eigenvalue weighted by atomic mass is 35.5. The van der Waals surface area contributed by atoms with Crippen molar-refractivity contribution in [2.24, 2.45) is 0 Å². The maximum absolute atomic E-state index is 12.0. The molecule has 1 aromatic carbocycles. The molecule has 1 heterocycles. The molecule has 2 aromatic rings. The van der Waals surface area contributed by atoms with Crippen LogP contribution in [-0.4, -0.2) is 30.0 Å². The fourth-order valence-corrected chi connectivity index (χ4v) is 1.77. The molecule has 0 fully saturated rings. The van der Waals surface area contributed by atoms with E-state index in [1.165, 1.54) is 19.5 Å². The minimum absolute atomic E-state index is 0.218. The topological polar surface area (TPSA) is 76.1 Å². The number of nitrogens with one attached hydrogen (secondary N) is 2. The van der Waals surface area contributed by atoms with Crippen molar-refractivity contribution >= 4 is 29.0 Å². The Bertz CT molecular complexity index is 616. The molecule has 0 saturated carbocycles. The quantitative estimate of drug-likeness (QED) is 0.905. The SMILES string of the molecule is CNc1cnc(C(=O)Nc2ccc(OC)c(Cl)c2)cn1. The molecule has 0 radical (unpaired) electrons. The van der Waals surface area contributed by atoms with Crippen molar-refractivity contribution in [3.05, 3.63) is 41.3 Å². The second-order valence-corrected chi connectivity index (χ2v) is 4.25. The summed E-state index contributed by atoms with van der Waals surface area (Å²) in [4.78, 5) is 20.0. The number of halogens is 1. The van der Waals surface area contributed by atoms with Gasteiger partial charge >= 0.3 is 0 Å². The second kappa shape index (κ2) is 6.21. The summed E-state index contributed by atoms with van der Waals surface area (Å²) in [6.07, 6.45) is 2.88. The molecule has 1 aromatic heterocycles. The van der Waals surface area contributed by atoms with E-state index in [2.05, 4.69) is 20.6 Å². The number of carbonyl (C=O) groups is 1. The van der Waals surface area contributed by atoms with Gasteiger partial charge < -0.3 is 15.4 Å². The van der Waals surface area contributed by atoms with Crippen LogP contribution in [0.3, 0.4) is 0 Å². The summed E-state index contributed by atoms with van der Waals surface area (Å²) in [6.45, 7) is 0. The summed E-state index contributed by atoms with van der Waals surface area (Å²) in [5.74, 6) is 0.776. The standard InChI is InChI=1S/C13H13ClN4O2/c1-15-12-7-16-10(6-17-12)13(19)18-8-3-4-11(20-2)9(14)5-8/h3-7H,1-2H3,(H,15,17)(H,18,19). The average Bonchev–Trinajstić information content (AvgIpc) is 2.47. The van der Waals surface area contributed by atoms with E-state index >= 15 is 0 Å². The van der Waals surface area contributed by atoms with E-state index in [-0.39, 0.29) is 11.6 Å². The number of rotatable bonds is 4. The van der Waals surface area contributed by atoms with Crippen molar-refractivity contribution in [1.29, 1.82) is 0 Å². The lowest BCUT2D eigenvalue weighted by Gasteiger charge is -2.07. The van der Waals surface area contributed by atoms with Gasteiger partial charge in [-0.05, 0) is 18.2 Å². The molecular formula is C13H13ClN4O2. The first-order valence-corrected chi connectivity index (χ1v) is 6.16. The molecular weight excluding hydrogens is 280 g/mol. The summed E-state index contributed by atoms with van der Waals surface area (Å²) in [7, 11) is 3.25. The van der Waals surface area contributed by atoms with E-state index in [1.54, 1.807) is 25.2 Å². The van der Waals surface area contributed by atoms with E-state index in [4.69, 9.17) is 16.3 Å². The predicted octanol–water partition coefficient (Wildman–Crippen LogP) is 2.43. The van der Waals surface area contributed by atoms with Gasteiger partial charge in [0.05, 0.1) is 24.5 Å². The van der Waals surface area contributed by atoms with E-state index in [0.29, 0.717) is 22.3 Å². The molecule has 0 aliphatic rings. The number of ether oxygens (including phenoxy) is 1. The van der Waals surface area contributed by atoms with E-state index in [9.17, 15) is 4.79 Å². The summed E-state index contributed by atoms with van der Waals surface area (Å²) in [5, 5.41) is 5.93. The first-order chi connectivity index (χ1) is 9.63. The Hall–Kier alpha value is -2.34. The monoisotopic (exact) mass is 292 g/mol. The number of anilines is 2. The van der Waals surface area contributed by atoms with E-state index in [1.807, 2.05) is 0 Å².